The number of ether oxygens (including phenoxy) is 2. The fourth-order valence-corrected chi connectivity index (χ4v) is 3.55. The Hall–Kier alpha value is -3.99. The number of carbonyl (C=O) groups is 3. The van der Waals surface area contributed by atoms with E-state index >= 15 is 0 Å². The van der Waals surface area contributed by atoms with E-state index in [1.54, 1.807) is 4.90 Å². The molecule has 0 radical (unpaired) electrons. The van der Waals surface area contributed by atoms with Crippen molar-refractivity contribution in [1.82, 2.24) is 9.80 Å². The van der Waals surface area contributed by atoms with Gasteiger partial charge >= 0.3 is 11.9 Å². The van der Waals surface area contributed by atoms with Gasteiger partial charge in [0, 0.05) is 44.0 Å². The number of likely N-dealkylation sites (N-methyl/N-ethyl adjacent to an activating group) is 1. The van der Waals surface area contributed by atoms with E-state index in [1.807, 2.05) is 7.05 Å². The lowest BCUT2D eigenvalue weighted by Gasteiger charge is -2.32. The highest BCUT2D eigenvalue weighted by molar-refractivity contribution is 6.06. The van der Waals surface area contributed by atoms with E-state index in [0.29, 0.717) is 26.2 Å². The summed E-state index contributed by atoms with van der Waals surface area (Å²) in [7, 11) is 4.24. The molecule has 0 N–H and O–H groups in total. The molecule has 0 saturated carbocycles. The predicted molar refractivity (Wildman–Crippen MR) is 118 cm³/mol. The van der Waals surface area contributed by atoms with E-state index in [0.717, 1.165) is 14.2 Å². The maximum atomic E-state index is 12.9. The SMILES string of the molecule is COC(=O)C1=C(C(=O)OC)N(c2ccc(C(=O)N3CCN(C)CC3)cc2[N+](=O)[O-])C=CC=C1. The van der Waals surface area contributed by atoms with Crippen molar-refractivity contribution in [3.8, 4) is 0 Å². The number of amides is 1. The van der Waals surface area contributed by atoms with Gasteiger partial charge < -0.3 is 24.2 Å². The fraction of sp³-hybridized carbons (Fsp3) is 0.318. The molecule has 1 saturated heterocycles. The van der Waals surface area contributed by atoms with Gasteiger partial charge in [-0.15, -0.1) is 0 Å². The Labute approximate surface area is 190 Å². The highest BCUT2D eigenvalue weighted by Crippen LogP contribution is 2.35. The van der Waals surface area contributed by atoms with Crippen molar-refractivity contribution in [2.45, 2.75) is 0 Å². The largest absolute Gasteiger partial charge is 0.465 e. The monoisotopic (exact) mass is 456 g/mol. The number of hydrogen-bond acceptors (Lipinski definition) is 9. The second-order valence-corrected chi connectivity index (χ2v) is 7.37. The fourth-order valence-electron chi connectivity index (χ4n) is 3.55. The summed E-state index contributed by atoms with van der Waals surface area (Å²) in [5.41, 5.74) is -0.663. The molecular formula is C22H24N4O7. The van der Waals surface area contributed by atoms with Crippen LogP contribution in [0.2, 0.25) is 0 Å². The first-order chi connectivity index (χ1) is 15.8. The Morgan fingerprint density at radius 2 is 1.67 bits per heavy atom. The minimum absolute atomic E-state index is 0.0170. The predicted octanol–water partition coefficient (Wildman–Crippen LogP) is 1.47. The van der Waals surface area contributed by atoms with Crippen LogP contribution in [0.25, 0.3) is 0 Å². The van der Waals surface area contributed by atoms with Gasteiger partial charge in [-0.25, -0.2) is 9.59 Å². The normalized spacial score (nSPS) is 16.5. The van der Waals surface area contributed by atoms with Crippen LogP contribution in [0.5, 0.6) is 0 Å². The number of nitro benzene ring substituents is 1. The zero-order valence-corrected chi connectivity index (χ0v) is 18.5. The second-order valence-electron chi connectivity index (χ2n) is 7.37. The molecule has 3 rings (SSSR count). The van der Waals surface area contributed by atoms with Crippen molar-refractivity contribution in [1.29, 1.82) is 0 Å². The molecule has 1 amide bonds. The van der Waals surface area contributed by atoms with E-state index in [9.17, 15) is 24.5 Å². The van der Waals surface area contributed by atoms with Crippen molar-refractivity contribution in [3.05, 3.63) is 69.6 Å². The third-order valence-electron chi connectivity index (χ3n) is 5.36. The number of methoxy groups -OCH3 is 2. The van der Waals surface area contributed by atoms with E-state index < -0.39 is 22.5 Å². The number of esters is 2. The van der Waals surface area contributed by atoms with Crippen LogP contribution in [0.3, 0.4) is 0 Å². The smallest absolute Gasteiger partial charge is 0.355 e. The summed E-state index contributed by atoms with van der Waals surface area (Å²) in [4.78, 5) is 54.0. The number of hydrogen-bond donors (Lipinski definition) is 0. The molecule has 2 aliphatic rings. The zero-order valence-electron chi connectivity index (χ0n) is 18.5. The summed E-state index contributed by atoms with van der Waals surface area (Å²) in [6, 6.07) is 4.01. The van der Waals surface area contributed by atoms with Gasteiger partial charge in [0.15, 0.2) is 0 Å². The van der Waals surface area contributed by atoms with Crippen LogP contribution in [0.15, 0.2) is 53.9 Å². The first-order valence-corrected chi connectivity index (χ1v) is 10.1. The van der Waals surface area contributed by atoms with Crippen LogP contribution in [0, 0.1) is 10.1 Å². The van der Waals surface area contributed by atoms with Gasteiger partial charge in [0.1, 0.15) is 11.4 Å². The zero-order chi connectivity index (χ0) is 24.1. The van der Waals surface area contributed by atoms with Crippen molar-refractivity contribution >= 4 is 29.2 Å². The summed E-state index contributed by atoms with van der Waals surface area (Å²) >= 11 is 0. The quantitative estimate of drug-likeness (QED) is 0.368. The molecule has 2 heterocycles. The lowest BCUT2D eigenvalue weighted by Crippen LogP contribution is -2.47. The Balaban J connectivity index is 2.08. The molecule has 0 atom stereocenters. The molecule has 33 heavy (non-hydrogen) atoms. The first-order valence-electron chi connectivity index (χ1n) is 10.1. The van der Waals surface area contributed by atoms with Gasteiger partial charge in [-0.1, -0.05) is 6.08 Å². The molecule has 11 heteroatoms. The number of anilines is 1. The summed E-state index contributed by atoms with van der Waals surface area (Å²) < 4.78 is 9.58. The molecule has 11 nitrogen and oxygen atoms in total. The molecule has 174 valence electrons. The molecule has 0 unspecified atom stereocenters. The maximum Gasteiger partial charge on any atom is 0.355 e. The van der Waals surface area contributed by atoms with Crippen LogP contribution in [-0.2, 0) is 19.1 Å². The number of allylic oxidation sites excluding steroid dienone is 2. The van der Waals surface area contributed by atoms with Crippen LogP contribution >= 0.6 is 0 Å². The molecule has 1 aromatic carbocycles. The van der Waals surface area contributed by atoms with Crippen LogP contribution in [0.4, 0.5) is 11.4 Å². The Morgan fingerprint density at radius 3 is 2.27 bits per heavy atom. The van der Waals surface area contributed by atoms with Crippen molar-refractivity contribution < 1.29 is 28.8 Å². The minimum atomic E-state index is -0.890. The molecule has 0 aromatic heterocycles. The average molecular weight is 456 g/mol. The van der Waals surface area contributed by atoms with Gasteiger partial charge in [0.25, 0.3) is 11.6 Å². The molecule has 1 aromatic rings. The summed E-state index contributed by atoms with van der Waals surface area (Å²) in [6.07, 6.45) is 5.74. The first kappa shape index (κ1) is 23.7. The van der Waals surface area contributed by atoms with Gasteiger partial charge in [-0.3, -0.25) is 14.9 Å². The number of rotatable bonds is 5. The van der Waals surface area contributed by atoms with Crippen molar-refractivity contribution in [3.63, 3.8) is 0 Å². The van der Waals surface area contributed by atoms with Crippen LogP contribution in [0.1, 0.15) is 10.4 Å². The lowest BCUT2D eigenvalue weighted by molar-refractivity contribution is -0.384. The summed E-state index contributed by atoms with van der Waals surface area (Å²) in [5.74, 6) is -2.02. The standard InChI is InChI=1S/C22H24N4O7/c1-23-10-12-24(13-11-23)20(27)15-7-8-17(18(14-15)26(30)31)25-9-5-4-6-16(21(28)32-2)19(25)22(29)33-3/h4-9,14H,10-13H2,1-3H3. The minimum Gasteiger partial charge on any atom is -0.465 e. The van der Waals surface area contributed by atoms with Crippen LogP contribution < -0.4 is 4.90 Å². The summed E-state index contributed by atoms with van der Waals surface area (Å²) in [5, 5.41) is 11.9. The van der Waals surface area contributed by atoms with E-state index in [4.69, 9.17) is 9.47 Å². The number of nitro groups is 1. The molecule has 0 aliphatic carbocycles. The topological polar surface area (TPSA) is 123 Å². The number of nitrogens with zero attached hydrogens (tertiary/aromatic N) is 4. The molecule has 1 fully saturated rings. The number of carbonyl (C=O) groups excluding carboxylic acids is 3. The highest BCUT2D eigenvalue weighted by Gasteiger charge is 2.32. The maximum absolute atomic E-state index is 12.9. The van der Waals surface area contributed by atoms with Gasteiger partial charge in [-0.05, 0) is 31.3 Å². The molecule has 0 bridgehead atoms. The summed E-state index contributed by atoms with van der Waals surface area (Å²) in [6.45, 7) is 2.45. The molecule has 0 spiro atoms. The van der Waals surface area contributed by atoms with Gasteiger partial charge in [0.05, 0.1) is 24.7 Å². The van der Waals surface area contributed by atoms with Gasteiger partial charge in [0.2, 0.25) is 0 Å². The average Bonchev–Trinajstić information content (AvgIpc) is 3.05. The number of benzene rings is 1. The Morgan fingerprint density at radius 1 is 1.00 bits per heavy atom. The molecular weight excluding hydrogens is 432 g/mol. The third-order valence-corrected chi connectivity index (χ3v) is 5.36. The lowest BCUT2D eigenvalue weighted by atomic mass is 10.1. The van der Waals surface area contributed by atoms with Crippen molar-refractivity contribution in [2.24, 2.45) is 0 Å². The third kappa shape index (κ3) is 4.93. The number of piperazine rings is 1. The van der Waals surface area contributed by atoms with E-state index in [1.165, 1.54) is 47.5 Å². The second kappa shape index (κ2) is 10.1. The van der Waals surface area contributed by atoms with E-state index in [2.05, 4.69) is 4.90 Å². The van der Waals surface area contributed by atoms with E-state index in [-0.39, 0.29) is 28.4 Å². The molecule has 2 aliphatic heterocycles. The van der Waals surface area contributed by atoms with Crippen molar-refractivity contribution in [2.75, 3.05) is 52.3 Å². The Kier molecular flexibility index (Phi) is 7.23. The van der Waals surface area contributed by atoms with Gasteiger partial charge in [-0.2, -0.15) is 0 Å². The van der Waals surface area contributed by atoms with Crippen LogP contribution in [-0.4, -0.2) is 80.0 Å². The highest BCUT2D eigenvalue weighted by atomic mass is 16.6. The Bertz CT molecular complexity index is 1070.